The lowest BCUT2D eigenvalue weighted by molar-refractivity contribution is 0.108. The Hall–Kier alpha value is -3.70. The summed E-state index contributed by atoms with van der Waals surface area (Å²) in [5, 5.41) is 17.1. The number of hydrogen-bond acceptors (Lipinski definition) is 9. The molecule has 3 heterocycles. The maximum atomic E-state index is 12.6. The molecule has 0 aliphatic carbocycles. The van der Waals surface area contributed by atoms with Crippen LogP contribution in [0.4, 0.5) is 10.6 Å². The fraction of sp³-hybridized carbons (Fsp3) is 0.481. The van der Waals surface area contributed by atoms with E-state index in [0.717, 1.165) is 28.3 Å². The number of aryl methyl sites for hydroxylation is 2. The molecule has 4 rings (SSSR count). The van der Waals surface area contributed by atoms with Crippen molar-refractivity contribution in [2.75, 3.05) is 58.8 Å². The summed E-state index contributed by atoms with van der Waals surface area (Å²) in [5.41, 5.74) is 3.10. The molecule has 2 N–H and O–H groups in total. The van der Waals surface area contributed by atoms with E-state index >= 15 is 0 Å². The number of nitrogens with zero attached hydrogens (tertiary/aromatic N) is 6. The number of hydrogen-bond donors (Lipinski definition) is 2. The molecule has 3 aromatic rings. The number of amides is 2. The first-order chi connectivity index (χ1) is 18.2. The maximum Gasteiger partial charge on any atom is 0.319 e. The SMILES string of the molecule is CNCC(O)COc1cccc(-c2nc(-c3c(C)noc3C)cc(N3CCN(C(=O)N(C)C)C(C)C3)n2)c1. The number of rotatable bonds is 8. The normalized spacial score (nSPS) is 16.4. The van der Waals surface area contributed by atoms with Crippen LogP contribution >= 0.6 is 0 Å². The third-order valence-corrected chi connectivity index (χ3v) is 6.56. The van der Waals surface area contributed by atoms with E-state index in [1.807, 2.05) is 56.0 Å². The molecule has 2 atom stereocenters. The lowest BCUT2D eigenvalue weighted by Gasteiger charge is -2.41. The van der Waals surface area contributed by atoms with Crippen LogP contribution in [0, 0.1) is 13.8 Å². The highest BCUT2D eigenvalue weighted by molar-refractivity contribution is 5.75. The molecule has 2 aromatic heterocycles. The number of aliphatic hydroxyl groups is 1. The van der Waals surface area contributed by atoms with Gasteiger partial charge in [0.05, 0.1) is 17.0 Å². The number of carbonyl (C=O) groups excluding carboxylic acids is 1. The fourth-order valence-electron chi connectivity index (χ4n) is 4.62. The second-order valence-electron chi connectivity index (χ2n) is 9.85. The highest BCUT2D eigenvalue weighted by atomic mass is 16.5. The standard InChI is InChI=1S/C27H37N7O4/c1-17-15-33(10-11-34(17)27(36)32(5)6)24-13-23(25-18(2)31-38-19(25)3)29-26(30-24)20-8-7-9-22(12-20)37-16-21(35)14-28-4/h7-9,12-13,17,21,28,35H,10-11,14-16H2,1-6H3. The molecule has 2 amide bonds. The van der Waals surface area contributed by atoms with E-state index in [-0.39, 0.29) is 18.7 Å². The van der Waals surface area contributed by atoms with Crippen molar-refractivity contribution >= 4 is 11.8 Å². The molecule has 1 fully saturated rings. The number of anilines is 1. The fourth-order valence-corrected chi connectivity index (χ4v) is 4.62. The maximum absolute atomic E-state index is 12.6. The predicted octanol–water partition coefficient (Wildman–Crippen LogP) is 2.57. The molecule has 1 saturated heterocycles. The molecule has 11 heteroatoms. The van der Waals surface area contributed by atoms with Gasteiger partial charge in [-0.3, -0.25) is 0 Å². The number of ether oxygens (including phenoxy) is 1. The van der Waals surface area contributed by atoms with Crippen LogP contribution in [-0.4, -0.2) is 102 Å². The number of carbonyl (C=O) groups is 1. The second kappa shape index (κ2) is 11.8. The molecule has 11 nitrogen and oxygen atoms in total. The lowest BCUT2D eigenvalue weighted by atomic mass is 10.1. The van der Waals surface area contributed by atoms with E-state index in [2.05, 4.69) is 15.4 Å². The lowest BCUT2D eigenvalue weighted by Crippen LogP contribution is -2.56. The summed E-state index contributed by atoms with van der Waals surface area (Å²) < 4.78 is 11.2. The summed E-state index contributed by atoms with van der Waals surface area (Å²) in [6.45, 7) is 8.31. The van der Waals surface area contributed by atoms with E-state index in [9.17, 15) is 9.90 Å². The Bertz CT molecular complexity index is 1240. The van der Waals surface area contributed by atoms with E-state index in [1.54, 1.807) is 26.0 Å². The van der Waals surface area contributed by atoms with Crippen LogP contribution < -0.4 is 15.0 Å². The Balaban J connectivity index is 1.68. The first kappa shape index (κ1) is 27.3. The van der Waals surface area contributed by atoms with Crippen LogP contribution in [0.25, 0.3) is 22.6 Å². The molecule has 0 saturated carbocycles. The average Bonchev–Trinajstić information content (AvgIpc) is 3.24. The van der Waals surface area contributed by atoms with E-state index in [1.165, 1.54) is 0 Å². The van der Waals surface area contributed by atoms with Gasteiger partial charge in [0.2, 0.25) is 0 Å². The molecule has 0 bridgehead atoms. The van der Waals surface area contributed by atoms with Gasteiger partial charge < -0.3 is 34.4 Å². The molecule has 38 heavy (non-hydrogen) atoms. The number of benzene rings is 1. The zero-order chi connectivity index (χ0) is 27.4. The molecule has 2 unspecified atom stereocenters. The van der Waals surface area contributed by atoms with Gasteiger partial charge in [0.25, 0.3) is 0 Å². The van der Waals surface area contributed by atoms with Crippen molar-refractivity contribution in [1.29, 1.82) is 0 Å². The molecular weight excluding hydrogens is 486 g/mol. The van der Waals surface area contributed by atoms with Gasteiger partial charge in [-0.25, -0.2) is 14.8 Å². The predicted molar refractivity (Wildman–Crippen MR) is 145 cm³/mol. The highest BCUT2D eigenvalue weighted by Gasteiger charge is 2.30. The Morgan fingerprint density at radius 1 is 1.26 bits per heavy atom. The van der Waals surface area contributed by atoms with Crippen LogP contribution in [0.15, 0.2) is 34.9 Å². The summed E-state index contributed by atoms with van der Waals surface area (Å²) in [4.78, 5) is 28.1. The van der Waals surface area contributed by atoms with Crippen molar-refractivity contribution in [2.45, 2.75) is 32.9 Å². The van der Waals surface area contributed by atoms with Crippen LogP contribution in [0.2, 0.25) is 0 Å². The van der Waals surface area contributed by atoms with Crippen molar-refractivity contribution in [3.05, 3.63) is 41.8 Å². The van der Waals surface area contributed by atoms with E-state index < -0.39 is 6.10 Å². The average molecular weight is 524 g/mol. The summed E-state index contributed by atoms with van der Waals surface area (Å²) in [6.07, 6.45) is -0.616. The monoisotopic (exact) mass is 523 g/mol. The number of aromatic nitrogens is 3. The van der Waals surface area contributed by atoms with Crippen molar-refractivity contribution in [1.82, 2.24) is 30.2 Å². The summed E-state index contributed by atoms with van der Waals surface area (Å²) in [6, 6.07) is 9.52. The van der Waals surface area contributed by atoms with Gasteiger partial charge in [-0.15, -0.1) is 0 Å². The summed E-state index contributed by atoms with van der Waals surface area (Å²) in [5.74, 6) is 2.61. The molecule has 0 spiro atoms. The van der Waals surface area contributed by atoms with Gasteiger partial charge >= 0.3 is 6.03 Å². The first-order valence-corrected chi connectivity index (χ1v) is 12.8. The minimum absolute atomic E-state index is 0.00795. The third-order valence-electron chi connectivity index (χ3n) is 6.56. The van der Waals surface area contributed by atoms with Crippen molar-refractivity contribution in [3.63, 3.8) is 0 Å². The topological polar surface area (TPSA) is 120 Å². The number of likely N-dealkylation sites (N-methyl/N-ethyl adjacent to an activating group) is 1. The Morgan fingerprint density at radius 3 is 2.71 bits per heavy atom. The zero-order valence-electron chi connectivity index (χ0n) is 22.9. The molecule has 0 radical (unpaired) electrons. The van der Waals surface area contributed by atoms with Gasteiger partial charge in [-0.1, -0.05) is 17.3 Å². The molecule has 1 aliphatic rings. The van der Waals surface area contributed by atoms with E-state index in [0.29, 0.717) is 43.5 Å². The van der Waals surface area contributed by atoms with Gasteiger partial charge in [0, 0.05) is 57.9 Å². The van der Waals surface area contributed by atoms with Crippen LogP contribution in [-0.2, 0) is 0 Å². The number of urea groups is 1. The third kappa shape index (κ3) is 6.05. The van der Waals surface area contributed by atoms with Gasteiger partial charge in [-0.2, -0.15) is 0 Å². The molecule has 1 aliphatic heterocycles. The first-order valence-electron chi connectivity index (χ1n) is 12.8. The second-order valence-corrected chi connectivity index (χ2v) is 9.85. The largest absolute Gasteiger partial charge is 0.491 e. The van der Waals surface area contributed by atoms with Crippen LogP contribution in [0.3, 0.4) is 0 Å². The van der Waals surface area contributed by atoms with Gasteiger partial charge in [0.1, 0.15) is 30.0 Å². The van der Waals surface area contributed by atoms with Gasteiger partial charge in [-0.05, 0) is 40.0 Å². The Labute approximate surface area is 223 Å². The summed E-state index contributed by atoms with van der Waals surface area (Å²) in [7, 11) is 5.33. The van der Waals surface area contributed by atoms with Crippen LogP contribution in [0.1, 0.15) is 18.4 Å². The van der Waals surface area contributed by atoms with Gasteiger partial charge in [0.15, 0.2) is 5.82 Å². The molecule has 204 valence electrons. The van der Waals surface area contributed by atoms with Crippen molar-refractivity contribution in [3.8, 4) is 28.4 Å². The smallest absolute Gasteiger partial charge is 0.319 e. The number of nitrogens with one attached hydrogen (secondary N) is 1. The highest BCUT2D eigenvalue weighted by Crippen LogP contribution is 2.32. The van der Waals surface area contributed by atoms with Crippen LogP contribution in [0.5, 0.6) is 5.75 Å². The molecular formula is C27H37N7O4. The minimum Gasteiger partial charge on any atom is -0.491 e. The van der Waals surface area contributed by atoms with Crippen molar-refractivity contribution < 1.29 is 19.2 Å². The minimum atomic E-state index is -0.616. The zero-order valence-corrected chi connectivity index (χ0v) is 22.9. The quantitative estimate of drug-likeness (QED) is 0.459. The molecule has 1 aromatic carbocycles. The number of aliphatic hydroxyl groups excluding tert-OH is 1. The van der Waals surface area contributed by atoms with E-state index in [4.69, 9.17) is 19.2 Å². The summed E-state index contributed by atoms with van der Waals surface area (Å²) >= 11 is 0. The number of piperazine rings is 1. The van der Waals surface area contributed by atoms with Crippen molar-refractivity contribution in [2.24, 2.45) is 0 Å². The Morgan fingerprint density at radius 2 is 2.05 bits per heavy atom. The Kier molecular flexibility index (Phi) is 8.48.